The van der Waals surface area contributed by atoms with Crippen molar-refractivity contribution in [3.63, 3.8) is 0 Å². The number of aromatic nitrogens is 4. The van der Waals surface area contributed by atoms with Crippen molar-refractivity contribution < 1.29 is 0 Å². The van der Waals surface area contributed by atoms with Gasteiger partial charge in [-0.1, -0.05) is 0 Å². The van der Waals surface area contributed by atoms with Crippen LogP contribution in [0.1, 0.15) is 5.69 Å². The summed E-state index contributed by atoms with van der Waals surface area (Å²) in [5.41, 5.74) is 0.903. The summed E-state index contributed by atoms with van der Waals surface area (Å²) in [6, 6.07) is 1.85. The van der Waals surface area contributed by atoms with Crippen LogP contribution in [0, 0.1) is 0 Å². The fourth-order valence-electron chi connectivity index (χ4n) is 1.18. The van der Waals surface area contributed by atoms with E-state index in [1.807, 2.05) is 19.3 Å². The van der Waals surface area contributed by atoms with Gasteiger partial charge in [0.1, 0.15) is 0 Å². The Kier molecular flexibility index (Phi) is 2.51. The maximum absolute atomic E-state index is 4.38. The number of hydrogen-bond donors (Lipinski definition) is 1. The molecule has 0 bridgehead atoms. The largest absolute Gasteiger partial charge is 0.314 e. The van der Waals surface area contributed by atoms with E-state index < -0.39 is 0 Å². The topological polar surface area (TPSA) is 55.6 Å². The average Bonchev–Trinajstić information content (AvgIpc) is 2.71. The second-order valence-electron chi connectivity index (χ2n) is 2.85. The molecule has 0 saturated carbocycles. The molecular formula is C9H11N5. The maximum atomic E-state index is 4.38. The van der Waals surface area contributed by atoms with Gasteiger partial charge < -0.3 is 5.32 Å². The third-order valence-electron chi connectivity index (χ3n) is 1.77. The van der Waals surface area contributed by atoms with E-state index >= 15 is 0 Å². The van der Waals surface area contributed by atoms with Crippen molar-refractivity contribution in [3.8, 4) is 5.82 Å². The molecule has 1 N–H and O–H groups in total. The van der Waals surface area contributed by atoms with Gasteiger partial charge in [-0.2, -0.15) is 5.10 Å². The molecule has 0 aliphatic heterocycles. The van der Waals surface area contributed by atoms with Gasteiger partial charge in [0.15, 0.2) is 5.82 Å². The monoisotopic (exact) mass is 189 g/mol. The smallest absolute Gasteiger partial charge is 0.172 e. The normalized spacial score (nSPS) is 10.4. The van der Waals surface area contributed by atoms with Gasteiger partial charge in [-0.3, -0.25) is 4.98 Å². The third-order valence-corrected chi connectivity index (χ3v) is 1.77. The number of nitrogens with one attached hydrogen (secondary N) is 1. The highest BCUT2D eigenvalue weighted by Gasteiger charge is 1.99. The third kappa shape index (κ3) is 1.77. The predicted octanol–water partition coefficient (Wildman–Crippen LogP) is 0.382. The molecule has 2 rings (SSSR count). The number of nitrogens with zero attached hydrogens (tertiary/aromatic N) is 4. The first kappa shape index (κ1) is 8.83. The van der Waals surface area contributed by atoms with Gasteiger partial charge in [0, 0.05) is 25.1 Å². The van der Waals surface area contributed by atoms with E-state index in [9.17, 15) is 0 Å². The molecule has 0 aliphatic carbocycles. The van der Waals surface area contributed by atoms with Crippen molar-refractivity contribution in [3.05, 3.63) is 36.5 Å². The first-order valence-corrected chi connectivity index (χ1v) is 4.35. The van der Waals surface area contributed by atoms with Crippen LogP contribution in [-0.4, -0.2) is 26.8 Å². The Balaban J connectivity index is 2.31. The van der Waals surface area contributed by atoms with E-state index in [1.165, 1.54) is 0 Å². The number of hydrogen-bond acceptors (Lipinski definition) is 4. The van der Waals surface area contributed by atoms with Gasteiger partial charge in [-0.05, 0) is 13.1 Å². The van der Waals surface area contributed by atoms with Crippen molar-refractivity contribution >= 4 is 0 Å². The van der Waals surface area contributed by atoms with E-state index in [0.29, 0.717) is 6.54 Å². The molecule has 14 heavy (non-hydrogen) atoms. The average molecular weight is 189 g/mol. The van der Waals surface area contributed by atoms with Gasteiger partial charge in [0.25, 0.3) is 0 Å². The van der Waals surface area contributed by atoms with E-state index in [4.69, 9.17) is 0 Å². The highest BCUT2D eigenvalue weighted by Crippen LogP contribution is 2.01. The van der Waals surface area contributed by atoms with Gasteiger partial charge in [0.2, 0.25) is 0 Å². The van der Waals surface area contributed by atoms with E-state index in [0.717, 1.165) is 11.5 Å². The van der Waals surface area contributed by atoms with Gasteiger partial charge in [-0.25, -0.2) is 9.67 Å². The molecule has 0 amide bonds. The molecule has 0 unspecified atom stereocenters. The van der Waals surface area contributed by atoms with E-state index in [-0.39, 0.29) is 0 Å². The van der Waals surface area contributed by atoms with Crippen molar-refractivity contribution in [1.29, 1.82) is 0 Å². The van der Waals surface area contributed by atoms with Crippen LogP contribution in [0.3, 0.4) is 0 Å². The first-order chi connectivity index (χ1) is 6.90. The Hall–Kier alpha value is -1.75. The lowest BCUT2D eigenvalue weighted by Gasteiger charge is -2.02. The maximum Gasteiger partial charge on any atom is 0.172 e. The summed E-state index contributed by atoms with van der Waals surface area (Å²) >= 11 is 0. The summed E-state index contributed by atoms with van der Waals surface area (Å²) in [6.45, 7) is 0.710. The minimum atomic E-state index is 0.710. The second-order valence-corrected chi connectivity index (χ2v) is 2.85. The Bertz CT molecular complexity index is 395. The Labute approximate surface area is 81.8 Å². The lowest BCUT2D eigenvalue weighted by atomic mass is 10.4. The summed E-state index contributed by atoms with van der Waals surface area (Å²) in [6.07, 6.45) is 6.98. The first-order valence-electron chi connectivity index (χ1n) is 4.35. The van der Waals surface area contributed by atoms with Crippen LogP contribution < -0.4 is 5.32 Å². The molecule has 72 valence electrons. The molecule has 0 fully saturated rings. The Morgan fingerprint density at radius 3 is 3.07 bits per heavy atom. The standard InChI is InChI=1S/C9H11N5/c1-10-5-8-6-11-7-9(13-8)14-4-2-3-12-14/h2-4,6-7,10H,5H2,1H3. The minimum Gasteiger partial charge on any atom is -0.314 e. The molecule has 0 aromatic carbocycles. The lowest BCUT2D eigenvalue weighted by molar-refractivity contribution is 0.760. The predicted molar refractivity (Wildman–Crippen MR) is 51.9 cm³/mol. The summed E-state index contributed by atoms with van der Waals surface area (Å²) in [7, 11) is 1.88. The van der Waals surface area contributed by atoms with Crippen LogP contribution in [0.4, 0.5) is 0 Å². The SMILES string of the molecule is CNCc1cncc(-n2cccn2)n1. The zero-order valence-corrected chi connectivity index (χ0v) is 7.88. The van der Waals surface area contributed by atoms with Crippen molar-refractivity contribution in [2.75, 3.05) is 7.05 Å². The minimum absolute atomic E-state index is 0.710. The second kappa shape index (κ2) is 3.97. The van der Waals surface area contributed by atoms with Crippen LogP contribution >= 0.6 is 0 Å². The zero-order chi connectivity index (χ0) is 9.80. The Morgan fingerprint density at radius 1 is 1.43 bits per heavy atom. The van der Waals surface area contributed by atoms with Crippen LogP contribution in [0.25, 0.3) is 5.82 Å². The van der Waals surface area contributed by atoms with Crippen molar-refractivity contribution in [2.45, 2.75) is 6.54 Å². The fraction of sp³-hybridized carbons (Fsp3) is 0.222. The Morgan fingerprint density at radius 2 is 2.36 bits per heavy atom. The number of rotatable bonds is 3. The summed E-state index contributed by atoms with van der Waals surface area (Å²) in [4.78, 5) is 8.48. The molecule has 0 aliphatic rings. The summed E-state index contributed by atoms with van der Waals surface area (Å²) in [5.74, 6) is 0.739. The van der Waals surface area contributed by atoms with Crippen LogP contribution in [0.5, 0.6) is 0 Å². The molecule has 5 heteroatoms. The quantitative estimate of drug-likeness (QED) is 0.758. The highest BCUT2D eigenvalue weighted by molar-refractivity contribution is 5.18. The van der Waals surface area contributed by atoms with Gasteiger partial charge in [-0.15, -0.1) is 0 Å². The molecule has 2 aromatic heterocycles. The van der Waals surface area contributed by atoms with Gasteiger partial charge in [0.05, 0.1) is 11.9 Å². The van der Waals surface area contributed by atoms with Crippen LogP contribution in [0.2, 0.25) is 0 Å². The summed E-state index contributed by atoms with van der Waals surface area (Å²) in [5, 5.41) is 7.11. The zero-order valence-electron chi connectivity index (χ0n) is 7.88. The van der Waals surface area contributed by atoms with Gasteiger partial charge >= 0.3 is 0 Å². The molecular weight excluding hydrogens is 178 g/mol. The lowest BCUT2D eigenvalue weighted by Crippen LogP contribution is -2.09. The summed E-state index contributed by atoms with van der Waals surface area (Å²) < 4.78 is 1.69. The molecule has 0 atom stereocenters. The fourth-order valence-corrected chi connectivity index (χ4v) is 1.18. The van der Waals surface area contributed by atoms with E-state index in [1.54, 1.807) is 23.3 Å². The van der Waals surface area contributed by atoms with E-state index in [2.05, 4.69) is 20.4 Å². The molecule has 2 aromatic rings. The molecule has 2 heterocycles. The molecule has 0 saturated heterocycles. The molecule has 0 radical (unpaired) electrons. The molecule has 0 spiro atoms. The van der Waals surface area contributed by atoms with Crippen LogP contribution in [0.15, 0.2) is 30.9 Å². The molecule has 5 nitrogen and oxygen atoms in total. The van der Waals surface area contributed by atoms with Crippen LogP contribution in [-0.2, 0) is 6.54 Å². The highest BCUT2D eigenvalue weighted by atomic mass is 15.3. The van der Waals surface area contributed by atoms with Crippen molar-refractivity contribution in [2.24, 2.45) is 0 Å². The van der Waals surface area contributed by atoms with Crippen molar-refractivity contribution in [1.82, 2.24) is 25.1 Å².